The number of hydrogen-bond acceptors (Lipinski definition) is 3. The van der Waals surface area contributed by atoms with Crippen LogP contribution in [-0.4, -0.2) is 60.6 Å². The number of piperidine rings is 1. The van der Waals surface area contributed by atoms with Crippen molar-refractivity contribution in [3.8, 4) is 0 Å². The van der Waals surface area contributed by atoms with E-state index in [0.717, 1.165) is 24.0 Å². The molecule has 3 rings (SSSR count). The van der Waals surface area contributed by atoms with Crippen LogP contribution in [0.3, 0.4) is 0 Å². The predicted molar refractivity (Wildman–Crippen MR) is 89.7 cm³/mol. The van der Waals surface area contributed by atoms with Gasteiger partial charge in [0, 0.05) is 50.8 Å². The lowest BCUT2D eigenvalue weighted by molar-refractivity contribution is 0.0803. The highest BCUT2D eigenvalue weighted by Crippen LogP contribution is 2.32. The lowest BCUT2D eigenvalue weighted by Crippen LogP contribution is -2.56. The third-order valence-electron chi connectivity index (χ3n) is 6.34. The van der Waals surface area contributed by atoms with Gasteiger partial charge in [-0.25, -0.2) is 0 Å². The van der Waals surface area contributed by atoms with Crippen molar-refractivity contribution >= 4 is 0 Å². The van der Waals surface area contributed by atoms with Crippen LogP contribution in [-0.2, 0) is 0 Å². The van der Waals surface area contributed by atoms with E-state index < -0.39 is 0 Å². The van der Waals surface area contributed by atoms with E-state index in [9.17, 15) is 0 Å². The van der Waals surface area contributed by atoms with Crippen molar-refractivity contribution in [3.63, 3.8) is 0 Å². The Kier molecular flexibility index (Phi) is 5.58. The summed E-state index contributed by atoms with van der Waals surface area (Å²) in [7, 11) is 0. The molecule has 1 aliphatic carbocycles. The van der Waals surface area contributed by atoms with E-state index in [1.54, 1.807) is 0 Å². The van der Waals surface area contributed by atoms with E-state index in [0.29, 0.717) is 0 Å². The Morgan fingerprint density at radius 1 is 1.00 bits per heavy atom. The summed E-state index contributed by atoms with van der Waals surface area (Å²) in [6.07, 6.45) is 10.0. The molecule has 2 aliphatic heterocycles. The SMILES string of the molecule is CCC(C)N1CCN(CC2CCC3CCCCC3N2)CC1. The third kappa shape index (κ3) is 4.00. The molecule has 3 heteroatoms. The second kappa shape index (κ2) is 7.43. The van der Waals surface area contributed by atoms with Gasteiger partial charge in [0.15, 0.2) is 0 Å². The summed E-state index contributed by atoms with van der Waals surface area (Å²) < 4.78 is 0. The van der Waals surface area contributed by atoms with Gasteiger partial charge in [0.05, 0.1) is 0 Å². The summed E-state index contributed by atoms with van der Waals surface area (Å²) in [5.74, 6) is 0.997. The molecule has 2 saturated heterocycles. The summed E-state index contributed by atoms with van der Waals surface area (Å²) in [6.45, 7) is 11.1. The zero-order chi connectivity index (χ0) is 14.7. The first kappa shape index (κ1) is 15.8. The van der Waals surface area contributed by atoms with Crippen molar-refractivity contribution in [2.45, 2.75) is 76.9 Å². The van der Waals surface area contributed by atoms with Crippen LogP contribution in [0, 0.1) is 5.92 Å². The van der Waals surface area contributed by atoms with E-state index in [1.807, 2.05) is 0 Å². The van der Waals surface area contributed by atoms with Crippen LogP contribution in [0.15, 0.2) is 0 Å². The molecule has 4 atom stereocenters. The van der Waals surface area contributed by atoms with E-state index in [4.69, 9.17) is 0 Å². The number of fused-ring (bicyclic) bond motifs is 1. The molecule has 3 nitrogen and oxygen atoms in total. The zero-order valence-corrected chi connectivity index (χ0v) is 14.2. The van der Waals surface area contributed by atoms with Gasteiger partial charge >= 0.3 is 0 Å². The molecular formula is C18H35N3. The monoisotopic (exact) mass is 293 g/mol. The van der Waals surface area contributed by atoms with Crippen LogP contribution in [0.25, 0.3) is 0 Å². The largest absolute Gasteiger partial charge is 0.310 e. The molecule has 1 N–H and O–H groups in total. The summed E-state index contributed by atoms with van der Waals surface area (Å²) in [5.41, 5.74) is 0. The predicted octanol–water partition coefficient (Wildman–Crippen LogP) is 2.71. The van der Waals surface area contributed by atoms with Gasteiger partial charge < -0.3 is 5.32 Å². The van der Waals surface area contributed by atoms with Crippen LogP contribution < -0.4 is 5.32 Å². The van der Waals surface area contributed by atoms with E-state index in [-0.39, 0.29) is 0 Å². The Morgan fingerprint density at radius 2 is 1.76 bits per heavy atom. The van der Waals surface area contributed by atoms with Gasteiger partial charge in [0.2, 0.25) is 0 Å². The summed E-state index contributed by atoms with van der Waals surface area (Å²) in [6, 6.07) is 2.38. The molecule has 0 spiro atoms. The highest BCUT2D eigenvalue weighted by atomic mass is 15.3. The highest BCUT2D eigenvalue weighted by molar-refractivity contribution is 4.91. The first-order valence-corrected chi connectivity index (χ1v) is 9.48. The number of piperazine rings is 1. The van der Waals surface area contributed by atoms with Crippen LogP contribution in [0.1, 0.15) is 58.8 Å². The molecule has 2 heterocycles. The Hall–Kier alpha value is -0.120. The quantitative estimate of drug-likeness (QED) is 0.860. The number of nitrogens with zero attached hydrogens (tertiary/aromatic N) is 2. The Balaban J connectivity index is 1.41. The third-order valence-corrected chi connectivity index (χ3v) is 6.34. The molecule has 3 aliphatic rings. The first-order chi connectivity index (χ1) is 10.3. The molecular weight excluding hydrogens is 258 g/mol. The smallest absolute Gasteiger partial charge is 0.0197 e. The molecule has 4 unspecified atom stereocenters. The van der Waals surface area contributed by atoms with Crippen molar-refractivity contribution < 1.29 is 0 Å². The minimum Gasteiger partial charge on any atom is -0.310 e. The fourth-order valence-corrected chi connectivity index (χ4v) is 4.67. The number of rotatable bonds is 4. The fraction of sp³-hybridized carbons (Fsp3) is 1.00. The standard InChI is InChI=1S/C18H35N3/c1-3-15(2)21-12-10-20(11-13-21)14-17-9-8-16-6-4-5-7-18(16)19-17/h15-19H,3-14H2,1-2H3. The number of hydrogen-bond donors (Lipinski definition) is 1. The van der Waals surface area contributed by atoms with Crippen molar-refractivity contribution in [2.75, 3.05) is 32.7 Å². The second-order valence-electron chi connectivity index (χ2n) is 7.69. The lowest BCUT2D eigenvalue weighted by atomic mass is 9.77. The van der Waals surface area contributed by atoms with E-state index >= 15 is 0 Å². The molecule has 122 valence electrons. The summed E-state index contributed by atoms with van der Waals surface area (Å²) in [5, 5.41) is 3.99. The molecule has 0 aromatic rings. The first-order valence-electron chi connectivity index (χ1n) is 9.48. The maximum atomic E-state index is 3.99. The van der Waals surface area contributed by atoms with Gasteiger partial charge in [-0.05, 0) is 44.9 Å². The van der Waals surface area contributed by atoms with E-state index in [2.05, 4.69) is 29.0 Å². The van der Waals surface area contributed by atoms with Gasteiger partial charge in [-0.2, -0.15) is 0 Å². The highest BCUT2D eigenvalue weighted by Gasteiger charge is 2.32. The van der Waals surface area contributed by atoms with Crippen molar-refractivity contribution in [2.24, 2.45) is 5.92 Å². The summed E-state index contributed by atoms with van der Waals surface area (Å²) in [4.78, 5) is 5.38. The average Bonchev–Trinajstić information content (AvgIpc) is 2.55. The average molecular weight is 293 g/mol. The van der Waals surface area contributed by atoms with Crippen LogP contribution in [0.5, 0.6) is 0 Å². The molecule has 0 amide bonds. The molecule has 1 saturated carbocycles. The maximum Gasteiger partial charge on any atom is 0.0197 e. The molecule has 0 radical (unpaired) electrons. The van der Waals surface area contributed by atoms with Gasteiger partial charge in [0.1, 0.15) is 0 Å². The molecule has 0 aromatic carbocycles. The van der Waals surface area contributed by atoms with Crippen molar-refractivity contribution in [1.82, 2.24) is 15.1 Å². The van der Waals surface area contributed by atoms with Crippen LogP contribution in [0.4, 0.5) is 0 Å². The second-order valence-corrected chi connectivity index (χ2v) is 7.69. The molecule has 3 fully saturated rings. The van der Waals surface area contributed by atoms with Gasteiger partial charge in [0.25, 0.3) is 0 Å². The van der Waals surface area contributed by atoms with Crippen molar-refractivity contribution in [1.29, 1.82) is 0 Å². The van der Waals surface area contributed by atoms with Gasteiger partial charge in [-0.1, -0.05) is 19.8 Å². The summed E-state index contributed by atoms with van der Waals surface area (Å²) >= 11 is 0. The Bertz CT molecular complexity index is 312. The van der Waals surface area contributed by atoms with Crippen molar-refractivity contribution in [3.05, 3.63) is 0 Å². The Morgan fingerprint density at radius 3 is 2.52 bits per heavy atom. The molecule has 0 aromatic heterocycles. The van der Waals surface area contributed by atoms with Crippen LogP contribution >= 0.6 is 0 Å². The topological polar surface area (TPSA) is 18.5 Å². The van der Waals surface area contributed by atoms with Gasteiger partial charge in [-0.3, -0.25) is 9.80 Å². The zero-order valence-electron chi connectivity index (χ0n) is 14.2. The molecule has 0 bridgehead atoms. The Labute approximate surface area is 131 Å². The minimum absolute atomic E-state index is 0.763. The molecule has 21 heavy (non-hydrogen) atoms. The fourth-order valence-electron chi connectivity index (χ4n) is 4.67. The number of nitrogens with one attached hydrogen (secondary N) is 1. The van der Waals surface area contributed by atoms with Gasteiger partial charge in [-0.15, -0.1) is 0 Å². The van der Waals surface area contributed by atoms with Crippen LogP contribution in [0.2, 0.25) is 0 Å². The maximum absolute atomic E-state index is 3.99. The lowest BCUT2D eigenvalue weighted by Gasteiger charge is -2.44. The van der Waals surface area contributed by atoms with E-state index in [1.165, 1.54) is 77.7 Å². The minimum atomic E-state index is 0.763. The normalized spacial score (nSPS) is 37.1.